The normalized spacial score (nSPS) is 19.5. The number of aromatic nitrogens is 2. The van der Waals surface area contributed by atoms with Crippen LogP contribution in [-0.2, 0) is 11.2 Å². The molecular formula is C25H32N2O2. The van der Waals surface area contributed by atoms with E-state index in [2.05, 4.69) is 41.2 Å². The minimum atomic E-state index is -0.853. The number of unbranched alkanes of at least 4 members (excludes halogenated alkanes) is 2. The average Bonchev–Trinajstić information content (AvgIpc) is 2.75. The fourth-order valence-electron chi connectivity index (χ4n) is 4.21. The molecule has 0 atom stereocenters. The van der Waals surface area contributed by atoms with E-state index < -0.39 is 5.97 Å². The summed E-state index contributed by atoms with van der Waals surface area (Å²) < 4.78 is 0. The third-order valence-corrected chi connectivity index (χ3v) is 5.99. The van der Waals surface area contributed by atoms with E-state index in [4.69, 9.17) is 5.11 Å². The largest absolute Gasteiger partial charge is 0.478 e. The molecule has 4 heteroatoms. The number of rotatable bonds is 9. The lowest BCUT2D eigenvalue weighted by molar-refractivity contribution is -0.131. The summed E-state index contributed by atoms with van der Waals surface area (Å²) >= 11 is 0. The van der Waals surface area contributed by atoms with Crippen molar-refractivity contribution in [1.29, 1.82) is 0 Å². The highest BCUT2D eigenvalue weighted by molar-refractivity contribution is 5.79. The molecule has 0 saturated heterocycles. The molecule has 0 bridgehead atoms. The molecule has 1 heterocycles. The minimum Gasteiger partial charge on any atom is -0.478 e. The Labute approximate surface area is 174 Å². The van der Waals surface area contributed by atoms with Crippen molar-refractivity contribution in [2.75, 3.05) is 0 Å². The summed E-state index contributed by atoms with van der Waals surface area (Å²) in [5, 5.41) is 8.70. The number of allylic oxidation sites excluding steroid dienone is 1. The Balaban J connectivity index is 1.52. The molecule has 0 radical (unpaired) electrons. The summed E-state index contributed by atoms with van der Waals surface area (Å²) in [4.78, 5) is 19.7. The number of aryl methyl sites for hydroxylation is 1. The number of hydrogen-bond donors (Lipinski definition) is 1. The number of carboxylic acid groups (broad SMARTS) is 1. The fourth-order valence-corrected chi connectivity index (χ4v) is 4.21. The van der Waals surface area contributed by atoms with Gasteiger partial charge in [-0.05, 0) is 67.9 Å². The van der Waals surface area contributed by atoms with Crippen LogP contribution in [0.25, 0.3) is 11.4 Å². The van der Waals surface area contributed by atoms with Gasteiger partial charge in [0.15, 0.2) is 5.82 Å². The molecule has 1 aromatic carbocycles. The van der Waals surface area contributed by atoms with Gasteiger partial charge in [0.2, 0.25) is 0 Å². The van der Waals surface area contributed by atoms with Crippen LogP contribution in [0.1, 0.15) is 75.3 Å². The SMILES string of the molecule is CCCCCc1cnc(-c2ccc([C@H]3CC[C@H](C/C=C/C(=O)O)CC3)cc2)nc1. The van der Waals surface area contributed by atoms with E-state index in [1.165, 1.54) is 62.1 Å². The molecule has 1 N–H and O–H groups in total. The van der Waals surface area contributed by atoms with Crippen LogP contribution in [0.3, 0.4) is 0 Å². The maximum Gasteiger partial charge on any atom is 0.327 e. The minimum absolute atomic E-state index is 0.602. The van der Waals surface area contributed by atoms with Gasteiger partial charge in [-0.3, -0.25) is 0 Å². The van der Waals surface area contributed by atoms with Crippen molar-refractivity contribution in [3.63, 3.8) is 0 Å². The summed E-state index contributed by atoms with van der Waals surface area (Å²) in [6, 6.07) is 8.73. The lowest BCUT2D eigenvalue weighted by Crippen LogP contribution is -2.13. The summed E-state index contributed by atoms with van der Waals surface area (Å²) in [6.07, 6.45) is 17.3. The second-order valence-electron chi connectivity index (χ2n) is 8.19. The standard InChI is InChI=1S/C25H32N2O2/c1-2-3-4-6-20-17-26-25(27-18-20)23-15-13-22(14-16-23)21-11-9-19(10-12-21)7-5-8-24(28)29/h5,8,13-19,21H,2-4,6-7,9-12H2,1H3,(H,28,29)/b8-5+/t19-,21-. The zero-order chi connectivity index (χ0) is 20.5. The summed E-state index contributed by atoms with van der Waals surface area (Å²) in [7, 11) is 0. The van der Waals surface area contributed by atoms with Gasteiger partial charge in [0, 0.05) is 24.0 Å². The van der Waals surface area contributed by atoms with Gasteiger partial charge in [0.05, 0.1) is 0 Å². The van der Waals surface area contributed by atoms with Crippen molar-refractivity contribution >= 4 is 5.97 Å². The molecule has 2 aromatic rings. The number of carbonyl (C=O) groups is 1. The lowest BCUT2D eigenvalue weighted by Gasteiger charge is -2.28. The second kappa shape index (κ2) is 10.9. The molecule has 154 valence electrons. The van der Waals surface area contributed by atoms with Crippen molar-refractivity contribution in [3.8, 4) is 11.4 Å². The molecule has 0 amide bonds. The van der Waals surface area contributed by atoms with Gasteiger partial charge in [-0.1, -0.05) is 50.1 Å². The van der Waals surface area contributed by atoms with Crippen LogP contribution in [-0.4, -0.2) is 21.0 Å². The Hall–Kier alpha value is -2.49. The van der Waals surface area contributed by atoms with Crippen molar-refractivity contribution in [2.24, 2.45) is 5.92 Å². The number of hydrogen-bond acceptors (Lipinski definition) is 3. The number of benzene rings is 1. The predicted octanol–water partition coefficient (Wildman–Crippen LogP) is 6.18. The van der Waals surface area contributed by atoms with Crippen LogP contribution in [0.2, 0.25) is 0 Å². The van der Waals surface area contributed by atoms with Gasteiger partial charge in [0.25, 0.3) is 0 Å². The molecule has 0 spiro atoms. The Morgan fingerprint density at radius 3 is 2.38 bits per heavy atom. The van der Waals surface area contributed by atoms with Crippen molar-refractivity contribution in [3.05, 3.63) is 59.9 Å². The van der Waals surface area contributed by atoms with E-state index in [1.807, 2.05) is 12.4 Å². The molecule has 4 nitrogen and oxygen atoms in total. The van der Waals surface area contributed by atoms with E-state index in [0.717, 1.165) is 24.2 Å². The zero-order valence-electron chi connectivity index (χ0n) is 17.4. The Morgan fingerprint density at radius 2 is 1.76 bits per heavy atom. The second-order valence-corrected chi connectivity index (χ2v) is 8.19. The van der Waals surface area contributed by atoms with Crippen LogP contribution >= 0.6 is 0 Å². The first-order valence-corrected chi connectivity index (χ1v) is 11.0. The van der Waals surface area contributed by atoms with Crippen LogP contribution < -0.4 is 0 Å². The molecule has 1 aliphatic rings. The average molecular weight is 393 g/mol. The molecule has 3 rings (SSSR count). The Morgan fingerprint density at radius 1 is 1.07 bits per heavy atom. The maximum absolute atomic E-state index is 10.6. The van der Waals surface area contributed by atoms with E-state index >= 15 is 0 Å². The van der Waals surface area contributed by atoms with Gasteiger partial charge < -0.3 is 5.11 Å². The van der Waals surface area contributed by atoms with E-state index in [9.17, 15) is 4.79 Å². The first kappa shape index (κ1) is 21.2. The summed E-state index contributed by atoms with van der Waals surface area (Å²) in [6.45, 7) is 2.22. The van der Waals surface area contributed by atoms with Crippen molar-refractivity contribution in [1.82, 2.24) is 9.97 Å². The topological polar surface area (TPSA) is 63.1 Å². The highest BCUT2D eigenvalue weighted by atomic mass is 16.4. The van der Waals surface area contributed by atoms with E-state index in [1.54, 1.807) is 6.08 Å². The third-order valence-electron chi connectivity index (χ3n) is 5.99. The molecule has 0 unspecified atom stereocenters. The first-order chi connectivity index (χ1) is 14.2. The van der Waals surface area contributed by atoms with E-state index in [0.29, 0.717) is 11.8 Å². The Kier molecular flexibility index (Phi) is 7.97. The highest BCUT2D eigenvalue weighted by Gasteiger charge is 2.21. The predicted molar refractivity (Wildman–Crippen MR) is 117 cm³/mol. The lowest BCUT2D eigenvalue weighted by atomic mass is 9.77. The molecular weight excluding hydrogens is 360 g/mol. The zero-order valence-corrected chi connectivity index (χ0v) is 17.4. The first-order valence-electron chi connectivity index (χ1n) is 11.0. The molecule has 1 aliphatic carbocycles. The third kappa shape index (κ3) is 6.52. The van der Waals surface area contributed by atoms with Gasteiger partial charge in [-0.2, -0.15) is 0 Å². The van der Waals surface area contributed by atoms with Crippen LogP contribution in [0.4, 0.5) is 0 Å². The summed E-state index contributed by atoms with van der Waals surface area (Å²) in [5.74, 6) is 1.16. The van der Waals surface area contributed by atoms with Crippen molar-refractivity contribution in [2.45, 2.75) is 70.6 Å². The van der Waals surface area contributed by atoms with Crippen LogP contribution in [0.15, 0.2) is 48.8 Å². The monoisotopic (exact) mass is 392 g/mol. The molecule has 29 heavy (non-hydrogen) atoms. The van der Waals surface area contributed by atoms with Crippen LogP contribution in [0, 0.1) is 5.92 Å². The van der Waals surface area contributed by atoms with Crippen LogP contribution in [0.5, 0.6) is 0 Å². The maximum atomic E-state index is 10.6. The quantitative estimate of drug-likeness (QED) is 0.409. The number of aliphatic carboxylic acids is 1. The smallest absolute Gasteiger partial charge is 0.327 e. The number of nitrogens with zero attached hydrogens (tertiary/aromatic N) is 2. The van der Waals surface area contributed by atoms with E-state index in [-0.39, 0.29) is 0 Å². The fraction of sp³-hybridized carbons (Fsp3) is 0.480. The number of carboxylic acids is 1. The molecule has 0 aliphatic heterocycles. The van der Waals surface area contributed by atoms with Gasteiger partial charge in [0.1, 0.15) is 0 Å². The highest BCUT2D eigenvalue weighted by Crippen LogP contribution is 2.37. The van der Waals surface area contributed by atoms with Crippen molar-refractivity contribution < 1.29 is 9.90 Å². The molecule has 1 aromatic heterocycles. The molecule has 1 saturated carbocycles. The molecule has 1 fully saturated rings. The van der Waals surface area contributed by atoms with Gasteiger partial charge >= 0.3 is 5.97 Å². The van der Waals surface area contributed by atoms with Gasteiger partial charge in [-0.15, -0.1) is 0 Å². The Bertz CT molecular complexity index is 789. The summed E-state index contributed by atoms with van der Waals surface area (Å²) in [5.41, 5.74) is 3.68. The van der Waals surface area contributed by atoms with Gasteiger partial charge in [-0.25, -0.2) is 14.8 Å².